The molecule has 3 amide bonds. The second kappa shape index (κ2) is 11.2. The van der Waals surface area contributed by atoms with Crippen molar-refractivity contribution in [2.45, 2.75) is 37.8 Å². The molecule has 1 aromatic heterocycles. The molecule has 8 nitrogen and oxygen atoms in total. The van der Waals surface area contributed by atoms with Gasteiger partial charge in [-0.2, -0.15) is 0 Å². The van der Waals surface area contributed by atoms with Crippen molar-refractivity contribution < 1.29 is 23.5 Å². The summed E-state index contributed by atoms with van der Waals surface area (Å²) < 4.78 is 10.3. The Morgan fingerprint density at radius 3 is 2.53 bits per heavy atom. The van der Waals surface area contributed by atoms with Gasteiger partial charge in [-0.05, 0) is 42.7 Å². The van der Waals surface area contributed by atoms with Crippen LogP contribution in [-0.2, 0) is 9.59 Å². The van der Waals surface area contributed by atoms with Crippen molar-refractivity contribution in [2.24, 2.45) is 0 Å². The zero-order chi connectivity index (χ0) is 22.9. The van der Waals surface area contributed by atoms with Crippen LogP contribution in [0.15, 0.2) is 59.7 Å². The number of carbonyl (C=O) groups is 3. The molecule has 0 aliphatic heterocycles. The standard InChI is InChI=1S/C24H29N3O5/c1-3-14-27(21(28)16-25-23(29)20-9-6-15-32-20)22(17-10-12-19(31-2)13-11-17)24(30)26-18-7-4-5-8-18/h3,6,9-13,15,18,22H,1,4-5,7-8,14,16H2,2H3,(H,25,29)(H,26,30)/t22-/m1/s1. The highest BCUT2D eigenvalue weighted by Gasteiger charge is 2.32. The van der Waals surface area contributed by atoms with Gasteiger partial charge >= 0.3 is 0 Å². The number of hydrogen-bond acceptors (Lipinski definition) is 5. The van der Waals surface area contributed by atoms with Gasteiger partial charge in [0.2, 0.25) is 11.8 Å². The topological polar surface area (TPSA) is 101 Å². The average Bonchev–Trinajstić information content (AvgIpc) is 3.52. The van der Waals surface area contributed by atoms with E-state index in [0.717, 1.165) is 25.7 Å². The maximum absolute atomic E-state index is 13.3. The third kappa shape index (κ3) is 5.78. The first-order valence-corrected chi connectivity index (χ1v) is 10.7. The minimum Gasteiger partial charge on any atom is -0.497 e. The Kier molecular flexibility index (Phi) is 8.08. The summed E-state index contributed by atoms with van der Waals surface area (Å²) in [6.07, 6.45) is 6.95. The van der Waals surface area contributed by atoms with Crippen molar-refractivity contribution >= 4 is 17.7 Å². The van der Waals surface area contributed by atoms with Gasteiger partial charge in [0.05, 0.1) is 19.9 Å². The van der Waals surface area contributed by atoms with Crippen molar-refractivity contribution in [2.75, 3.05) is 20.2 Å². The van der Waals surface area contributed by atoms with Gasteiger partial charge in [-0.25, -0.2) is 0 Å². The summed E-state index contributed by atoms with van der Waals surface area (Å²) in [5, 5.41) is 5.64. The van der Waals surface area contributed by atoms with E-state index < -0.39 is 17.9 Å². The molecule has 1 aliphatic rings. The van der Waals surface area contributed by atoms with Gasteiger partial charge in [0, 0.05) is 12.6 Å². The second-order valence-corrected chi connectivity index (χ2v) is 7.66. The summed E-state index contributed by atoms with van der Waals surface area (Å²) in [7, 11) is 1.56. The second-order valence-electron chi connectivity index (χ2n) is 7.66. The Morgan fingerprint density at radius 1 is 1.22 bits per heavy atom. The van der Waals surface area contributed by atoms with E-state index in [2.05, 4.69) is 17.2 Å². The van der Waals surface area contributed by atoms with E-state index >= 15 is 0 Å². The lowest BCUT2D eigenvalue weighted by Crippen LogP contribution is -2.48. The number of hydrogen-bond donors (Lipinski definition) is 2. The molecule has 1 heterocycles. The van der Waals surface area contributed by atoms with Crippen molar-refractivity contribution in [1.82, 2.24) is 15.5 Å². The predicted octanol–water partition coefficient (Wildman–Crippen LogP) is 2.83. The van der Waals surface area contributed by atoms with Gasteiger partial charge in [-0.1, -0.05) is 31.1 Å². The van der Waals surface area contributed by atoms with E-state index in [1.165, 1.54) is 17.2 Å². The fraction of sp³-hybridized carbons (Fsp3) is 0.375. The summed E-state index contributed by atoms with van der Waals surface area (Å²) in [4.78, 5) is 40.0. The molecule has 0 unspecified atom stereocenters. The van der Waals surface area contributed by atoms with Crippen LogP contribution in [0.4, 0.5) is 0 Å². The van der Waals surface area contributed by atoms with Crippen LogP contribution < -0.4 is 15.4 Å². The Morgan fingerprint density at radius 2 is 1.94 bits per heavy atom. The van der Waals surface area contributed by atoms with Crippen LogP contribution in [0.5, 0.6) is 5.75 Å². The molecule has 3 rings (SSSR count). The first-order chi connectivity index (χ1) is 15.5. The summed E-state index contributed by atoms with van der Waals surface area (Å²) in [6.45, 7) is 3.60. The van der Waals surface area contributed by atoms with Crippen LogP contribution >= 0.6 is 0 Å². The minimum absolute atomic E-state index is 0.0996. The quantitative estimate of drug-likeness (QED) is 0.555. The highest BCUT2D eigenvalue weighted by molar-refractivity contribution is 5.95. The molecule has 2 aromatic rings. The lowest BCUT2D eigenvalue weighted by molar-refractivity contribution is -0.139. The molecule has 2 N–H and O–H groups in total. The predicted molar refractivity (Wildman–Crippen MR) is 119 cm³/mol. The molecule has 0 radical (unpaired) electrons. The van der Waals surface area contributed by atoms with Crippen molar-refractivity contribution in [3.8, 4) is 5.75 Å². The largest absolute Gasteiger partial charge is 0.497 e. The first kappa shape index (κ1) is 23.1. The molecule has 0 bridgehead atoms. The lowest BCUT2D eigenvalue weighted by Gasteiger charge is -2.31. The fourth-order valence-corrected chi connectivity index (χ4v) is 3.85. The zero-order valence-electron chi connectivity index (χ0n) is 18.2. The van der Waals surface area contributed by atoms with Crippen LogP contribution in [0.2, 0.25) is 0 Å². The smallest absolute Gasteiger partial charge is 0.287 e. The third-order valence-electron chi connectivity index (χ3n) is 5.48. The van der Waals surface area contributed by atoms with E-state index in [1.54, 1.807) is 43.5 Å². The first-order valence-electron chi connectivity index (χ1n) is 10.7. The van der Waals surface area contributed by atoms with Crippen LogP contribution in [0.25, 0.3) is 0 Å². The lowest BCUT2D eigenvalue weighted by atomic mass is 10.0. The SMILES string of the molecule is C=CCN(C(=O)CNC(=O)c1ccco1)[C@@H](C(=O)NC1CCCC1)c1ccc(OC)cc1. The number of ether oxygens (including phenoxy) is 1. The van der Waals surface area contributed by atoms with Crippen molar-refractivity contribution in [3.05, 3.63) is 66.6 Å². The van der Waals surface area contributed by atoms with Gasteiger partial charge in [0.25, 0.3) is 5.91 Å². The summed E-state index contributed by atoms with van der Waals surface area (Å²) >= 11 is 0. The molecule has 1 fully saturated rings. The molecular weight excluding hydrogens is 410 g/mol. The van der Waals surface area contributed by atoms with Gasteiger partial charge in [0.1, 0.15) is 11.8 Å². The van der Waals surface area contributed by atoms with Gasteiger partial charge < -0.3 is 24.7 Å². The Balaban J connectivity index is 1.81. The van der Waals surface area contributed by atoms with Crippen LogP contribution in [0.3, 0.4) is 0 Å². The maximum atomic E-state index is 13.3. The molecule has 1 saturated carbocycles. The van der Waals surface area contributed by atoms with E-state index in [-0.39, 0.29) is 30.8 Å². The van der Waals surface area contributed by atoms with Gasteiger partial charge in [0.15, 0.2) is 5.76 Å². The summed E-state index contributed by atoms with van der Waals surface area (Å²) in [5.41, 5.74) is 0.647. The van der Waals surface area contributed by atoms with Gasteiger partial charge in [-0.15, -0.1) is 6.58 Å². The number of carbonyl (C=O) groups excluding carboxylic acids is 3. The molecule has 32 heavy (non-hydrogen) atoms. The van der Waals surface area contributed by atoms with E-state index in [1.807, 2.05) is 0 Å². The highest BCUT2D eigenvalue weighted by atomic mass is 16.5. The fourth-order valence-electron chi connectivity index (χ4n) is 3.85. The summed E-state index contributed by atoms with van der Waals surface area (Å²) in [5.74, 6) is -0.408. The number of furan rings is 1. The van der Waals surface area contributed by atoms with E-state index in [9.17, 15) is 14.4 Å². The van der Waals surface area contributed by atoms with Crippen molar-refractivity contribution in [3.63, 3.8) is 0 Å². The average molecular weight is 440 g/mol. The monoisotopic (exact) mass is 439 g/mol. The Bertz CT molecular complexity index is 918. The molecule has 8 heteroatoms. The van der Waals surface area contributed by atoms with E-state index in [0.29, 0.717) is 11.3 Å². The Labute approximate surface area is 187 Å². The molecule has 0 saturated heterocycles. The highest BCUT2D eigenvalue weighted by Crippen LogP contribution is 2.26. The van der Waals surface area contributed by atoms with Crippen LogP contribution in [-0.4, -0.2) is 48.9 Å². The maximum Gasteiger partial charge on any atom is 0.287 e. The minimum atomic E-state index is -0.868. The number of methoxy groups -OCH3 is 1. The van der Waals surface area contributed by atoms with E-state index in [4.69, 9.17) is 9.15 Å². The third-order valence-corrected chi connectivity index (χ3v) is 5.48. The Hall–Kier alpha value is -3.55. The molecular formula is C24H29N3O5. The zero-order valence-corrected chi connectivity index (χ0v) is 18.2. The number of benzene rings is 1. The van der Waals surface area contributed by atoms with Crippen molar-refractivity contribution in [1.29, 1.82) is 0 Å². The molecule has 1 aliphatic carbocycles. The summed E-state index contributed by atoms with van der Waals surface area (Å²) in [6, 6.07) is 9.37. The molecule has 170 valence electrons. The number of amides is 3. The molecule has 1 aromatic carbocycles. The van der Waals surface area contributed by atoms with Gasteiger partial charge in [-0.3, -0.25) is 14.4 Å². The number of rotatable bonds is 10. The molecule has 1 atom stereocenters. The normalized spacial score (nSPS) is 14.4. The number of nitrogens with zero attached hydrogens (tertiary/aromatic N) is 1. The number of nitrogens with one attached hydrogen (secondary N) is 2. The van der Waals surface area contributed by atoms with Crippen LogP contribution in [0, 0.1) is 0 Å². The van der Waals surface area contributed by atoms with Crippen LogP contribution in [0.1, 0.15) is 47.8 Å². The molecule has 0 spiro atoms.